The fourth-order valence-corrected chi connectivity index (χ4v) is 3.29. The van der Waals surface area contributed by atoms with Crippen LogP contribution in [0.4, 0.5) is 4.39 Å². The molecule has 0 aliphatic rings. The van der Waals surface area contributed by atoms with Gasteiger partial charge in [0.2, 0.25) is 0 Å². The van der Waals surface area contributed by atoms with Gasteiger partial charge in [-0.25, -0.2) is 14.1 Å². The minimum absolute atomic E-state index is 0.206. The number of hydrogen-bond donors (Lipinski definition) is 0. The minimum atomic E-state index is -0.357. The molecule has 0 amide bonds. The molecule has 7 heteroatoms. The van der Waals surface area contributed by atoms with E-state index in [1.54, 1.807) is 35.2 Å². The first-order valence-corrected chi connectivity index (χ1v) is 9.03. The highest BCUT2D eigenvalue weighted by atomic mass is 19.1. The van der Waals surface area contributed by atoms with Gasteiger partial charge in [0.05, 0.1) is 24.7 Å². The molecule has 0 aliphatic carbocycles. The van der Waals surface area contributed by atoms with Crippen LogP contribution in [0.25, 0.3) is 28.1 Å². The maximum absolute atomic E-state index is 13.5. The lowest BCUT2D eigenvalue weighted by atomic mass is 10.2. The molecule has 0 saturated heterocycles. The van der Waals surface area contributed by atoms with Crippen molar-refractivity contribution in [3.05, 3.63) is 101 Å². The highest BCUT2D eigenvalue weighted by Gasteiger charge is 2.18. The Kier molecular flexibility index (Phi) is 4.05. The van der Waals surface area contributed by atoms with Crippen LogP contribution in [0.1, 0.15) is 5.76 Å². The molecule has 0 atom stereocenters. The molecule has 5 aromatic rings. The smallest absolute Gasteiger partial charge is 0.265 e. The molecule has 6 nitrogen and oxygen atoms in total. The Morgan fingerprint density at radius 3 is 2.48 bits per heavy atom. The Labute approximate surface area is 164 Å². The van der Waals surface area contributed by atoms with E-state index in [1.165, 1.54) is 22.9 Å². The third-order valence-corrected chi connectivity index (χ3v) is 4.68. The summed E-state index contributed by atoms with van der Waals surface area (Å²) in [6.45, 7) is 0.206. The first-order chi connectivity index (χ1) is 14.2. The fourth-order valence-electron chi connectivity index (χ4n) is 3.29. The lowest BCUT2D eigenvalue weighted by molar-refractivity contribution is 0.490. The largest absolute Gasteiger partial charge is 0.467 e. The molecule has 29 heavy (non-hydrogen) atoms. The van der Waals surface area contributed by atoms with Crippen molar-refractivity contribution in [2.45, 2.75) is 6.54 Å². The van der Waals surface area contributed by atoms with Crippen LogP contribution in [0.15, 0.2) is 88.4 Å². The summed E-state index contributed by atoms with van der Waals surface area (Å²) in [5.74, 6) is 0.674. The van der Waals surface area contributed by atoms with Gasteiger partial charge in [-0.3, -0.25) is 9.36 Å². The summed E-state index contributed by atoms with van der Waals surface area (Å²) in [6.07, 6.45) is 3.07. The van der Waals surface area contributed by atoms with Gasteiger partial charge in [-0.1, -0.05) is 18.2 Å². The Hall–Kier alpha value is -4.00. The number of fused-ring (bicyclic) bond motifs is 1. The van der Waals surface area contributed by atoms with Gasteiger partial charge in [-0.15, -0.1) is 0 Å². The molecule has 0 saturated carbocycles. The number of benzene rings is 2. The highest BCUT2D eigenvalue weighted by molar-refractivity contribution is 5.77. The van der Waals surface area contributed by atoms with Gasteiger partial charge < -0.3 is 4.42 Å². The van der Waals surface area contributed by atoms with Gasteiger partial charge in [0, 0.05) is 5.56 Å². The SMILES string of the molecule is O=c1c2cnn(-c3ccccc3)c2nc(-c2ccc(F)cc2)n1Cc1ccco1. The van der Waals surface area contributed by atoms with Crippen LogP contribution in [-0.2, 0) is 6.54 Å². The highest BCUT2D eigenvalue weighted by Crippen LogP contribution is 2.22. The number of nitrogens with zero attached hydrogens (tertiary/aromatic N) is 4. The quantitative estimate of drug-likeness (QED) is 0.468. The standard InChI is InChI=1S/C22H15FN4O2/c23-16-10-8-15(9-11-16)20-25-21-19(13-24-27(21)17-5-2-1-3-6-17)22(28)26(20)14-18-7-4-12-29-18/h1-13H,14H2. The van der Waals surface area contributed by atoms with Gasteiger partial charge in [0.15, 0.2) is 5.65 Å². The number of rotatable bonds is 4. The molecular weight excluding hydrogens is 371 g/mol. The van der Waals surface area contributed by atoms with E-state index in [4.69, 9.17) is 9.40 Å². The fraction of sp³-hybridized carbons (Fsp3) is 0.0455. The molecule has 5 rings (SSSR count). The topological polar surface area (TPSA) is 65.8 Å². The van der Waals surface area contributed by atoms with Crippen LogP contribution in [0.5, 0.6) is 0 Å². The molecule has 3 aromatic heterocycles. The van der Waals surface area contributed by atoms with Crippen LogP contribution < -0.4 is 5.56 Å². The molecule has 3 heterocycles. The van der Waals surface area contributed by atoms with Gasteiger partial charge >= 0.3 is 0 Å². The van der Waals surface area contributed by atoms with E-state index in [9.17, 15) is 9.18 Å². The molecule has 0 aliphatic heterocycles. The molecule has 0 N–H and O–H groups in total. The van der Waals surface area contributed by atoms with Crippen molar-refractivity contribution in [3.8, 4) is 17.1 Å². The number of hydrogen-bond acceptors (Lipinski definition) is 4. The Morgan fingerprint density at radius 1 is 0.966 bits per heavy atom. The first kappa shape index (κ1) is 17.1. The zero-order valence-corrected chi connectivity index (χ0v) is 15.2. The van der Waals surface area contributed by atoms with E-state index < -0.39 is 0 Å². The molecule has 0 unspecified atom stereocenters. The summed E-state index contributed by atoms with van der Waals surface area (Å²) in [5, 5.41) is 4.77. The second-order valence-corrected chi connectivity index (χ2v) is 6.54. The van der Waals surface area contributed by atoms with E-state index in [-0.39, 0.29) is 17.9 Å². The Bertz CT molecular complexity index is 1340. The van der Waals surface area contributed by atoms with Crippen molar-refractivity contribution in [3.63, 3.8) is 0 Å². The normalized spacial score (nSPS) is 11.2. The van der Waals surface area contributed by atoms with Gasteiger partial charge in [-0.05, 0) is 48.5 Å². The molecule has 2 aromatic carbocycles. The van der Waals surface area contributed by atoms with Crippen molar-refractivity contribution in [2.75, 3.05) is 0 Å². The van der Waals surface area contributed by atoms with Crippen molar-refractivity contribution in [1.82, 2.24) is 19.3 Å². The van der Waals surface area contributed by atoms with Crippen LogP contribution in [-0.4, -0.2) is 19.3 Å². The third kappa shape index (κ3) is 3.02. The maximum atomic E-state index is 13.5. The Morgan fingerprint density at radius 2 is 1.76 bits per heavy atom. The van der Waals surface area contributed by atoms with Gasteiger partial charge in [0.25, 0.3) is 5.56 Å². The predicted octanol–water partition coefficient (Wildman–Crippen LogP) is 4.03. The second kappa shape index (κ2) is 6.87. The maximum Gasteiger partial charge on any atom is 0.265 e. The van der Waals surface area contributed by atoms with Gasteiger partial charge in [-0.2, -0.15) is 5.10 Å². The molecule has 142 valence electrons. The average molecular weight is 386 g/mol. The summed E-state index contributed by atoms with van der Waals surface area (Å²) >= 11 is 0. The van der Waals surface area contributed by atoms with Gasteiger partial charge in [0.1, 0.15) is 22.8 Å². The van der Waals surface area contributed by atoms with Crippen LogP contribution in [0.2, 0.25) is 0 Å². The van der Waals surface area contributed by atoms with E-state index in [2.05, 4.69) is 5.10 Å². The number of para-hydroxylation sites is 1. The summed E-state index contributed by atoms with van der Waals surface area (Å²) in [4.78, 5) is 18.1. The summed E-state index contributed by atoms with van der Waals surface area (Å²) in [6, 6.07) is 18.9. The van der Waals surface area contributed by atoms with Crippen molar-refractivity contribution >= 4 is 11.0 Å². The minimum Gasteiger partial charge on any atom is -0.467 e. The summed E-state index contributed by atoms with van der Waals surface area (Å²) in [7, 11) is 0. The van der Waals surface area contributed by atoms with E-state index in [1.807, 2.05) is 30.3 Å². The van der Waals surface area contributed by atoms with Crippen LogP contribution in [0.3, 0.4) is 0 Å². The predicted molar refractivity (Wildman–Crippen MR) is 106 cm³/mol. The average Bonchev–Trinajstić information content (AvgIpc) is 3.41. The molecule has 0 bridgehead atoms. The Balaban J connectivity index is 1.78. The van der Waals surface area contributed by atoms with E-state index in [0.29, 0.717) is 28.2 Å². The number of aromatic nitrogens is 4. The number of furan rings is 1. The molecule has 0 fully saturated rings. The molecular formula is C22H15FN4O2. The summed E-state index contributed by atoms with van der Waals surface area (Å²) in [5.41, 5.74) is 1.62. The van der Waals surface area contributed by atoms with Crippen LogP contribution in [0, 0.1) is 5.82 Å². The zero-order valence-electron chi connectivity index (χ0n) is 15.2. The van der Waals surface area contributed by atoms with Crippen LogP contribution >= 0.6 is 0 Å². The number of halogens is 1. The third-order valence-electron chi connectivity index (χ3n) is 4.68. The molecule has 0 spiro atoms. The first-order valence-electron chi connectivity index (χ1n) is 9.03. The molecule has 0 radical (unpaired) electrons. The summed E-state index contributed by atoms with van der Waals surface area (Å²) < 4.78 is 22.0. The van der Waals surface area contributed by atoms with Crippen molar-refractivity contribution in [2.24, 2.45) is 0 Å². The van der Waals surface area contributed by atoms with E-state index in [0.717, 1.165) is 5.69 Å². The lowest BCUT2D eigenvalue weighted by Gasteiger charge is -2.12. The second-order valence-electron chi connectivity index (χ2n) is 6.54. The van der Waals surface area contributed by atoms with Crippen molar-refractivity contribution < 1.29 is 8.81 Å². The lowest BCUT2D eigenvalue weighted by Crippen LogP contribution is -2.24. The van der Waals surface area contributed by atoms with E-state index >= 15 is 0 Å². The van der Waals surface area contributed by atoms with Crippen molar-refractivity contribution in [1.29, 1.82) is 0 Å². The zero-order chi connectivity index (χ0) is 19.8. The monoisotopic (exact) mass is 386 g/mol.